The third-order valence-corrected chi connectivity index (χ3v) is 5.29. The number of hydrogen-bond donors (Lipinski definition) is 2. The highest BCUT2D eigenvalue weighted by molar-refractivity contribution is 14.0. The van der Waals surface area contributed by atoms with Gasteiger partial charge in [-0.2, -0.15) is 0 Å². The molecule has 1 saturated carbocycles. The number of guanidine groups is 1. The summed E-state index contributed by atoms with van der Waals surface area (Å²) in [5.74, 6) is 0.246. The second-order valence-electron chi connectivity index (χ2n) is 4.65. The van der Waals surface area contributed by atoms with Gasteiger partial charge in [0.15, 0.2) is 15.8 Å². The summed E-state index contributed by atoms with van der Waals surface area (Å²) in [7, 11) is -3.05. The number of halogens is 1. The van der Waals surface area contributed by atoms with Crippen LogP contribution >= 0.6 is 24.0 Å². The van der Waals surface area contributed by atoms with Crippen LogP contribution in [0.25, 0.3) is 0 Å². The van der Waals surface area contributed by atoms with E-state index in [0.29, 0.717) is 12.8 Å². The predicted molar refractivity (Wildman–Crippen MR) is 88.8 cm³/mol. The van der Waals surface area contributed by atoms with Gasteiger partial charge in [0.25, 0.3) is 0 Å². The van der Waals surface area contributed by atoms with E-state index in [-0.39, 0.29) is 36.5 Å². The van der Waals surface area contributed by atoms with E-state index >= 15 is 0 Å². The first-order chi connectivity index (χ1) is 8.43. The fourth-order valence-corrected chi connectivity index (χ4v) is 2.87. The second kappa shape index (κ2) is 6.08. The number of benzene rings is 1. The normalized spacial score (nSPS) is 17.4. The van der Waals surface area contributed by atoms with Crippen molar-refractivity contribution in [1.29, 1.82) is 0 Å². The van der Waals surface area contributed by atoms with Crippen LogP contribution in [0.5, 0.6) is 0 Å². The van der Waals surface area contributed by atoms with E-state index in [1.165, 1.54) is 6.26 Å². The van der Waals surface area contributed by atoms with Gasteiger partial charge in [-0.05, 0) is 25.0 Å². The summed E-state index contributed by atoms with van der Waals surface area (Å²) in [5, 5.41) is 2.93. The van der Waals surface area contributed by atoms with Gasteiger partial charge in [-0.15, -0.1) is 24.0 Å². The molecule has 0 aromatic heterocycles. The van der Waals surface area contributed by atoms with Crippen molar-refractivity contribution in [3.63, 3.8) is 0 Å². The number of nitrogens with zero attached hydrogens (tertiary/aromatic N) is 1. The average Bonchev–Trinajstić information content (AvgIpc) is 3.08. The minimum absolute atomic E-state index is 0. The van der Waals surface area contributed by atoms with E-state index < -0.39 is 14.6 Å². The summed E-state index contributed by atoms with van der Waals surface area (Å²) >= 11 is 0. The smallest absolute Gasteiger partial charge is 0.193 e. The van der Waals surface area contributed by atoms with E-state index in [4.69, 9.17) is 5.73 Å². The second-order valence-corrected chi connectivity index (χ2v) is 7.06. The fraction of sp³-hybridized carbons (Fsp3) is 0.417. The van der Waals surface area contributed by atoms with Gasteiger partial charge in [0.2, 0.25) is 0 Å². The molecule has 19 heavy (non-hydrogen) atoms. The molecule has 1 aliphatic carbocycles. The van der Waals surface area contributed by atoms with Crippen LogP contribution in [0.1, 0.15) is 12.8 Å². The van der Waals surface area contributed by atoms with Crippen molar-refractivity contribution in [3.05, 3.63) is 30.3 Å². The van der Waals surface area contributed by atoms with Crippen molar-refractivity contribution in [2.45, 2.75) is 17.6 Å². The van der Waals surface area contributed by atoms with Crippen molar-refractivity contribution in [2.24, 2.45) is 10.7 Å². The van der Waals surface area contributed by atoms with E-state index in [1.54, 1.807) is 0 Å². The van der Waals surface area contributed by atoms with E-state index in [0.717, 1.165) is 5.69 Å². The molecule has 0 bridgehead atoms. The minimum atomic E-state index is -3.05. The number of para-hydroxylation sites is 1. The Morgan fingerprint density at radius 2 is 1.95 bits per heavy atom. The van der Waals surface area contributed by atoms with Crippen molar-refractivity contribution in [3.8, 4) is 0 Å². The molecule has 0 amide bonds. The van der Waals surface area contributed by atoms with Gasteiger partial charge >= 0.3 is 0 Å². The molecule has 106 valence electrons. The lowest BCUT2D eigenvalue weighted by Crippen LogP contribution is -2.29. The van der Waals surface area contributed by atoms with Crippen LogP contribution in [0, 0.1) is 0 Å². The van der Waals surface area contributed by atoms with Gasteiger partial charge in [-0.1, -0.05) is 18.2 Å². The number of hydrogen-bond acceptors (Lipinski definition) is 3. The lowest BCUT2D eigenvalue weighted by atomic mass is 10.3. The fourth-order valence-electron chi connectivity index (χ4n) is 1.72. The van der Waals surface area contributed by atoms with Crippen molar-refractivity contribution < 1.29 is 8.42 Å². The number of rotatable bonds is 4. The summed E-state index contributed by atoms with van der Waals surface area (Å²) in [6, 6.07) is 9.40. The quantitative estimate of drug-likeness (QED) is 0.461. The standard InChI is InChI=1S/C12H17N3O2S.HI/c1-18(16,17)12(7-8-12)9-14-11(13)15-10-5-3-2-4-6-10;/h2-6H,7-9H2,1H3,(H3,13,14,15);1H. The van der Waals surface area contributed by atoms with Crippen LogP contribution < -0.4 is 11.1 Å². The summed E-state index contributed by atoms with van der Waals surface area (Å²) in [6.07, 6.45) is 2.61. The van der Waals surface area contributed by atoms with E-state index in [1.807, 2.05) is 30.3 Å². The first-order valence-electron chi connectivity index (χ1n) is 5.75. The van der Waals surface area contributed by atoms with Crippen LogP contribution in [0.4, 0.5) is 5.69 Å². The number of aliphatic imine (C=N–C) groups is 1. The molecule has 1 aromatic rings. The lowest BCUT2D eigenvalue weighted by Gasteiger charge is -2.11. The molecule has 1 fully saturated rings. The number of nitrogens with two attached hydrogens (primary N) is 1. The summed E-state index contributed by atoms with van der Waals surface area (Å²) in [4.78, 5) is 4.12. The maximum Gasteiger partial charge on any atom is 0.193 e. The lowest BCUT2D eigenvalue weighted by molar-refractivity contribution is 0.583. The third kappa shape index (κ3) is 4.07. The molecule has 3 N–H and O–H groups in total. The van der Waals surface area contributed by atoms with Crippen LogP contribution in [0.2, 0.25) is 0 Å². The first kappa shape index (κ1) is 16.2. The van der Waals surface area contributed by atoms with Gasteiger partial charge in [0.05, 0.1) is 11.3 Å². The van der Waals surface area contributed by atoms with Gasteiger partial charge < -0.3 is 11.1 Å². The SMILES string of the molecule is CS(=O)(=O)C1(CN=C(N)Nc2ccccc2)CC1.I. The molecular formula is C12H18IN3O2S. The molecule has 1 aromatic carbocycles. The Bertz CT molecular complexity index is 554. The Balaban J connectivity index is 0.00000180. The minimum Gasteiger partial charge on any atom is -0.370 e. The van der Waals surface area contributed by atoms with Crippen molar-refractivity contribution in [1.82, 2.24) is 0 Å². The molecule has 0 heterocycles. The Kier molecular flexibility index (Phi) is 5.19. The Morgan fingerprint density at radius 3 is 2.42 bits per heavy atom. The number of anilines is 1. The summed E-state index contributed by atoms with van der Waals surface area (Å²) in [5.41, 5.74) is 6.56. The van der Waals surface area contributed by atoms with Crippen LogP contribution in [-0.4, -0.2) is 31.9 Å². The molecule has 0 radical (unpaired) electrons. The van der Waals surface area contributed by atoms with Crippen molar-refractivity contribution in [2.75, 3.05) is 18.1 Å². The average molecular weight is 395 g/mol. The molecule has 0 unspecified atom stereocenters. The van der Waals surface area contributed by atoms with E-state index in [2.05, 4.69) is 10.3 Å². The maximum atomic E-state index is 11.6. The molecule has 0 aliphatic heterocycles. The zero-order chi connectivity index (χ0) is 13.2. The van der Waals surface area contributed by atoms with Gasteiger partial charge in [0, 0.05) is 11.9 Å². The van der Waals surface area contributed by atoms with E-state index in [9.17, 15) is 8.42 Å². The highest BCUT2D eigenvalue weighted by atomic mass is 127. The molecule has 0 spiro atoms. The highest BCUT2D eigenvalue weighted by Gasteiger charge is 2.51. The highest BCUT2D eigenvalue weighted by Crippen LogP contribution is 2.43. The van der Waals surface area contributed by atoms with Crippen LogP contribution in [0.3, 0.4) is 0 Å². The topological polar surface area (TPSA) is 84.5 Å². The number of sulfone groups is 1. The molecule has 2 rings (SSSR count). The maximum absolute atomic E-state index is 11.6. The molecule has 0 saturated heterocycles. The predicted octanol–water partition coefficient (Wildman–Crippen LogP) is 1.61. The molecule has 5 nitrogen and oxygen atoms in total. The monoisotopic (exact) mass is 395 g/mol. The zero-order valence-corrected chi connectivity index (χ0v) is 13.8. The molecule has 0 atom stereocenters. The van der Waals surface area contributed by atoms with Gasteiger partial charge in [0.1, 0.15) is 0 Å². The zero-order valence-electron chi connectivity index (χ0n) is 10.7. The molecule has 1 aliphatic rings. The Morgan fingerprint density at radius 1 is 1.37 bits per heavy atom. The van der Waals surface area contributed by atoms with Crippen molar-refractivity contribution >= 4 is 45.5 Å². The third-order valence-electron chi connectivity index (χ3n) is 3.18. The Hall–Kier alpha value is -0.830. The number of nitrogens with one attached hydrogen (secondary N) is 1. The van der Waals surface area contributed by atoms with Crippen LogP contribution in [0.15, 0.2) is 35.3 Å². The first-order valence-corrected chi connectivity index (χ1v) is 7.64. The van der Waals surface area contributed by atoms with Gasteiger partial charge in [-0.3, -0.25) is 4.99 Å². The summed E-state index contributed by atoms with van der Waals surface area (Å²) in [6.45, 7) is 0.234. The Labute approximate surface area is 130 Å². The summed E-state index contributed by atoms with van der Waals surface area (Å²) < 4.78 is 22.4. The molecular weight excluding hydrogens is 377 g/mol. The largest absolute Gasteiger partial charge is 0.370 e. The van der Waals surface area contributed by atoms with Gasteiger partial charge in [-0.25, -0.2) is 8.42 Å². The molecule has 7 heteroatoms. The van der Waals surface area contributed by atoms with Crippen LogP contribution in [-0.2, 0) is 9.84 Å².